The van der Waals surface area contributed by atoms with Gasteiger partial charge in [0.15, 0.2) is 0 Å². The molecule has 2 amide bonds. The Kier molecular flexibility index (Phi) is 6.93. The third-order valence-corrected chi connectivity index (χ3v) is 5.28. The molecule has 8 heteroatoms. The van der Waals surface area contributed by atoms with Crippen molar-refractivity contribution in [3.8, 4) is 0 Å². The molecule has 0 unspecified atom stereocenters. The highest BCUT2D eigenvalue weighted by Gasteiger charge is 2.20. The summed E-state index contributed by atoms with van der Waals surface area (Å²) in [4.78, 5) is 24.3. The lowest BCUT2D eigenvalue weighted by molar-refractivity contribution is 0.0162. The Morgan fingerprint density at radius 1 is 1.44 bits per heavy atom. The fourth-order valence-corrected chi connectivity index (χ4v) is 3.51. The number of carbonyl (C=O) groups excluding carboxylic acids is 1. The molecule has 0 aliphatic carbocycles. The van der Waals surface area contributed by atoms with Crippen molar-refractivity contribution in [1.29, 1.82) is 0 Å². The van der Waals surface area contributed by atoms with Crippen molar-refractivity contribution in [3.05, 3.63) is 29.0 Å². The van der Waals surface area contributed by atoms with Crippen LogP contribution >= 0.6 is 11.6 Å². The number of nitrogens with one attached hydrogen (secondary N) is 2. The zero-order valence-corrected chi connectivity index (χ0v) is 16.8. The number of rotatable bonds is 7. The topological polar surface area (TPSA) is 73.5 Å². The largest absolute Gasteiger partial charge is 0.379 e. The van der Waals surface area contributed by atoms with Crippen LogP contribution in [0, 0.1) is 0 Å². The Balaban J connectivity index is 1.46. The van der Waals surface area contributed by atoms with Crippen molar-refractivity contribution in [3.63, 3.8) is 0 Å². The van der Waals surface area contributed by atoms with Gasteiger partial charge in [-0.05, 0) is 24.6 Å². The molecule has 1 aliphatic rings. The first kappa shape index (κ1) is 19.9. The predicted octanol–water partition coefficient (Wildman–Crippen LogP) is 2.51. The Hall–Kier alpha value is -1.83. The molecule has 1 aliphatic heterocycles. The second-order valence-corrected chi connectivity index (χ2v) is 7.35. The summed E-state index contributed by atoms with van der Waals surface area (Å²) < 4.78 is 5.41. The molecule has 0 spiro atoms. The van der Waals surface area contributed by atoms with Gasteiger partial charge < -0.3 is 19.9 Å². The van der Waals surface area contributed by atoms with E-state index in [1.165, 1.54) is 0 Å². The average molecular weight is 394 g/mol. The van der Waals surface area contributed by atoms with Gasteiger partial charge in [0.2, 0.25) is 0 Å². The lowest BCUT2D eigenvalue weighted by Crippen LogP contribution is -2.50. The second-order valence-electron chi connectivity index (χ2n) is 6.91. The zero-order valence-electron chi connectivity index (χ0n) is 16.0. The fourth-order valence-electron chi connectivity index (χ4n) is 3.34. The van der Waals surface area contributed by atoms with E-state index >= 15 is 0 Å². The number of amides is 2. The first-order chi connectivity index (χ1) is 13.1. The number of urea groups is 1. The van der Waals surface area contributed by atoms with Gasteiger partial charge in [-0.15, -0.1) is 0 Å². The van der Waals surface area contributed by atoms with Crippen LogP contribution in [0.2, 0.25) is 5.02 Å². The lowest BCUT2D eigenvalue weighted by atomic mass is 10.2. The summed E-state index contributed by atoms with van der Waals surface area (Å²) in [5.74, 6) is 0.853. The molecule has 3 rings (SSSR count). The standard InChI is InChI=1S/C19H28ClN5O2/c1-3-15(25-8-10-27-11-9-25)13-21-19(26)24(2)7-6-18-22-16-5-4-14(20)12-17(16)23-18/h4-5,12,15H,3,6-11,13H2,1-2H3,(H,21,26)(H,22,23)/t15-/m1/s1. The van der Waals surface area contributed by atoms with Crippen molar-refractivity contribution >= 4 is 28.7 Å². The summed E-state index contributed by atoms with van der Waals surface area (Å²) in [6.45, 7) is 6.81. The predicted molar refractivity (Wildman–Crippen MR) is 107 cm³/mol. The molecule has 0 bridgehead atoms. The third kappa shape index (κ3) is 5.34. The molecular formula is C19H28ClN5O2. The van der Waals surface area contributed by atoms with Gasteiger partial charge >= 0.3 is 6.03 Å². The van der Waals surface area contributed by atoms with E-state index in [0.717, 1.165) is 49.6 Å². The maximum Gasteiger partial charge on any atom is 0.317 e. The van der Waals surface area contributed by atoms with E-state index in [-0.39, 0.29) is 6.03 Å². The summed E-state index contributed by atoms with van der Waals surface area (Å²) in [7, 11) is 1.81. The summed E-state index contributed by atoms with van der Waals surface area (Å²) in [6, 6.07) is 5.88. The van der Waals surface area contributed by atoms with Crippen molar-refractivity contribution in [2.24, 2.45) is 0 Å². The Morgan fingerprint density at radius 2 is 2.22 bits per heavy atom. The first-order valence-corrected chi connectivity index (χ1v) is 9.89. The van der Waals surface area contributed by atoms with E-state index in [2.05, 4.69) is 27.1 Å². The van der Waals surface area contributed by atoms with Crippen LogP contribution in [0.5, 0.6) is 0 Å². The molecule has 0 saturated carbocycles. The van der Waals surface area contributed by atoms with E-state index in [1.54, 1.807) is 4.90 Å². The second kappa shape index (κ2) is 9.39. The molecule has 1 aromatic carbocycles. The first-order valence-electron chi connectivity index (χ1n) is 9.51. The molecule has 27 heavy (non-hydrogen) atoms. The van der Waals surface area contributed by atoms with Crippen LogP contribution in [0.3, 0.4) is 0 Å². The maximum atomic E-state index is 12.4. The number of hydrogen-bond donors (Lipinski definition) is 2. The minimum Gasteiger partial charge on any atom is -0.379 e. The lowest BCUT2D eigenvalue weighted by Gasteiger charge is -2.34. The SMILES string of the molecule is CC[C@H](CNC(=O)N(C)CCc1nc2ccc(Cl)cc2[nH]1)N1CCOCC1. The van der Waals surface area contributed by atoms with E-state index in [4.69, 9.17) is 16.3 Å². The van der Waals surface area contributed by atoms with Crippen LogP contribution in [0.25, 0.3) is 11.0 Å². The number of benzene rings is 1. The van der Waals surface area contributed by atoms with Crippen LogP contribution in [0.1, 0.15) is 19.2 Å². The number of aromatic nitrogens is 2. The molecule has 1 atom stereocenters. The van der Waals surface area contributed by atoms with Crippen molar-refractivity contribution < 1.29 is 9.53 Å². The minimum absolute atomic E-state index is 0.0548. The number of fused-ring (bicyclic) bond motifs is 1. The summed E-state index contributed by atoms with van der Waals surface area (Å²) in [5, 5.41) is 3.74. The van der Waals surface area contributed by atoms with Gasteiger partial charge in [-0.2, -0.15) is 0 Å². The summed E-state index contributed by atoms with van der Waals surface area (Å²) in [5.41, 5.74) is 1.80. The van der Waals surface area contributed by atoms with Crippen LogP contribution in [-0.4, -0.2) is 78.3 Å². The Labute approximate surface area is 165 Å². The van der Waals surface area contributed by atoms with Crippen LogP contribution in [0.4, 0.5) is 4.79 Å². The monoisotopic (exact) mass is 393 g/mol. The molecular weight excluding hydrogens is 366 g/mol. The Bertz CT molecular complexity index is 760. The molecule has 1 aromatic heterocycles. The average Bonchev–Trinajstić information content (AvgIpc) is 3.09. The number of morpholine rings is 1. The van der Waals surface area contributed by atoms with E-state index in [9.17, 15) is 4.79 Å². The van der Waals surface area contributed by atoms with E-state index in [1.807, 2.05) is 25.2 Å². The molecule has 1 saturated heterocycles. The van der Waals surface area contributed by atoms with Crippen molar-refractivity contribution in [1.82, 2.24) is 25.1 Å². The number of hydrogen-bond acceptors (Lipinski definition) is 4. The van der Waals surface area contributed by atoms with Crippen LogP contribution in [-0.2, 0) is 11.2 Å². The van der Waals surface area contributed by atoms with Gasteiger partial charge in [0.1, 0.15) is 5.82 Å². The molecule has 2 N–H and O–H groups in total. The van der Waals surface area contributed by atoms with Gasteiger partial charge in [0.05, 0.1) is 24.2 Å². The van der Waals surface area contributed by atoms with Crippen LogP contribution in [0.15, 0.2) is 18.2 Å². The number of halogens is 1. The minimum atomic E-state index is -0.0548. The highest BCUT2D eigenvalue weighted by atomic mass is 35.5. The van der Waals surface area contributed by atoms with Gasteiger partial charge in [-0.25, -0.2) is 9.78 Å². The summed E-state index contributed by atoms with van der Waals surface area (Å²) >= 11 is 6.01. The van der Waals surface area contributed by atoms with Gasteiger partial charge in [-0.3, -0.25) is 4.90 Å². The van der Waals surface area contributed by atoms with E-state index in [0.29, 0.717) is 30.6 Å². The fraction of sp³-hybridized carbons (Fsp3) is 0.579. The number of aromatic amines is 1. The zero-order chi connectivity index (χ0) is 19.2. The number of nitrogens with zero attached hydrogens (tertiary/aromatic N) is 3. The molecule has 7 nitrogen and oxygen atoms in total. The van der Waals surface area contributed by atoms with Gasteiger partial charge in [0, 0.05) is 50.7 Å². The maximum absolute atomic E-state index is 12.4. The summed E-state index contributed by atoms with van der Waals surface area (Å²) in [6.07, 6.45) is 1.67. The molecule has 1 fully saturated rings. The highest BCUT2D eigenvalue weighted by Crippen LogP contribution is 2.17. The molecule has 2 aromatic rings. The van der Waals surface area contributed by atoms with E-state index < -0.39 is 0 Å². The number of H-pyrrole nitrogens is 1. The van der Waals surface area contributed by atoms with Gasteiger partial charge in [0.25, 0.3) is 0 Å². The smallest absolute Gasteiger partial charge is 0.317 e. The molecule has 0 radical (unpaired) electrons. The third-order valence-electron chi connectivity index (χ3n) is 5.05. The highest BCUT2D eigenvalue weighted by molar-refractivity contribution is 6.31. The number of imidazole rings is 1. The van der Waals surface area contributed by atoms with Crippen molar-refractivity contribution in [2.75, 3.05) is 46.4 Å². The number of likely N-dealkylation sites (N-methyl/N-ethyl adjacent to an activating group) is 1. The molecule has 2 heterocycles. The number of ether oxygens (including phenoxy) is 1. The van der Waals surface area contributed by atoms with Gasteiger partial charge in [-0.1, -0.05) is 18.5 Å². The van der Waals surface area contributed by atoms with Crippen molar-refractivity contribution in [2.45, 2.75) is 25.8 Å². The molecule has 148 valence electrons. The van der Waals surface area contributed by atoms with Crippen LogP contribution < -0.4 is 5.32 Å². The normalized spacial score (nSPS) is 16.4. The quantitative estimate of drug-likeness (QED) is 0.758. The Morgan fingerprint density at radius 3 is 2.96 bits per heavy atom. The number of carbonyl (C=O) groups is 1.